The number of hydrogen-bond donors (Lipinski definition) is 1. The monoisotopic (exact) mass is 382 g/mol. The van der Waals surface area contributed by atoms with Crippen LogP contribution in [0.1, 0.15) is 18.4 Å². The lowest BCUT2D eigenvalue weighted by molar-refractivity contribution is -0.0399. The van der Waals surface area contributed by atoms with Gasteiger partial charge in [0.15, 0.2) is 0 Å². The molecule has 1 aliphatic heterocycles. The van der Waals surface area contributed by atoms with Gasteiger partial charge in [0.1, 0.15) is 4.93 Å². The van der Waals surface area contributed by atoms with Crippen LogP contribution in [-0.4, -0.2) is 33.1 Å². The molecule has 0 radical (unpaired) electrons. The predicted octanol–water partition coefficient (Wildman–Crippen LogP) is 3.40. The van der Waals surface area contributed by atoms with E-state index < -0.39 is 0 Å². The Labute approximate surface area is 143 Å². The zero-order chi connectivity index (χ0) is 15.4. The van der Waals surface area contributed by atoms with Crippen molar-refractivity contribution in [3.63, 3.8) is 0 Å². The maximum atomic E-state index is 9.41. The number of rotatable bonds is 6. The van der Waals surface area contributed by atoms with Gasteiger partial charge in [-0.05, 0) is 30.5 Å². The van der Waals surface area contributed by atoms with E-state index in [0.717, 1.165) is 29.6 Å². The number of aliphatic hydroxyl groups is 1. The van der Waals surface area contributed by atoms with Crippen molar-refractivity contribution in [1.82, 2.24) is 9.55 Å². The van der Waals surface area contributed by atoms with Gasteiger partial charge in [-0.2, -0.15) is 0 Å². The van der Waals surface area contributed by atoms with E-state index in [4.69, 9.17) is 4.74 Å². The smallest absolute Gasteiger partial charge is 0.139 e. The molecule has 4 nitrogen and oxygen atoms in total. The number of hydrogen-bond acceptors (Lipinski definition) is 4. The van der Waals surface area contributed by atoms with E-state index in [0.29, 0.717) is 0 Å². The van der Waals surface area contributed by atoms with Gasteiger partial charge < -0.3 is 14.4 Å². The van der Waals surface area contributed by atoms with Crippen molar-refractivity contribution in [2.75, 3.05) is 12.4 Å². The second-order valence-corrected chi connectivity index (χ2v) is 7.59. The Hall–Kier alpha value is -0.820. The maximum absolute atomic E-state index is 9.41. The number of benzene rings is 1. The van der Waals surface area contributed by atoms with Crippen molar-refractivity contribution in [2.24, 2.45) is 0 Å². The van der Waals surface area contributed by atoms with Gasteiger partial charge in [-0.15, -0.1) is 11.8 Å². The van der Waals surface area contributed by atoms with Crippen molar-refractivity contribution in [3.05, 3.63) is 53.0 Å². The second kappa shape index (κ2) is 7.17. The number of aromatic nitrogens is 2. The highest BCUT2D eigenvalue weighted by atomic mass is 79.9. The van der Waals surface area contributed by atoms with E-state index in [2.05, 4.69) is 37.6 Å². The summed E-state index contributed by atoms with van der Waals surface area (Å²) in [5.74, 6) is 0.831. The molecule has 22 heavy (non-hydrogen) atoms. The fourth-order valence-electron chi connectivity index (χ4n) is 2.70. The number of aliphatic hydroxyl groups excluding tert-OH is 1. The molecule has 6 heteroatoms. The van der Waals surface area contributed by atoms with Gasteiger partial charge in [0.05, 0.1) is 19.0 Å². The summed E-state index contributed by atoms with van der Waals surface area (Å²) in [4.78, 5) is 3.72. The van der Waals surface area contributed by atoms with E-state index in [-0.39, 0.29) is 17.6 Å². The first kappa shape index (κ1) is 16.1. The van der Waals surface area contributed by atoms with E-state index >= 15 is 0 Å². The third-order valence-electron chi connectivity index (χ3n) is 3.83. The predicted molar refractivity (Wildman–Crippen MR) is 91.7 cm³/mol. The first-order valence-electron chi connectivity index (χ1n) is 7.36. The van der Waals surface area contributed by atoms with Crippen molar-refractivity contribution >= 4 is 27.7 Å². The highest BCUT2D eigenvalue weighted by Crippen LogP contribution is 2.48. The molecule has 0 unspecified atom stereocenters. The highest BCUT2D eigenvalue weighted by molar-refractivity contribution is 9.10. The minimum absolute atomic E-state index is 0.0762. The summed E-state index contributed by atoms with van der Waals surface area (Å²) < 4.78 is 9.36. The molecular weight excluding hydrogens is 364 g/mol. The average Bonchev–Trinajstić information content (AvgIpc) is 3.18. The van der Waals surface area contributed by atoms with E-state index in [1.54, 1.807) is 18.0 Å². The standard InChI is InChI=1S/C16H19BrN2O2S/c17-14-4-2-13(3-5-14)16(21-15(10-20)11-22-16)6-1-8-19-9-7-18-12-19/h2-5,7,9,12,15,20H,1,6,8,10-11H2/t15-,16-/m1/s1. The van der Waals surface area contributed by atoms with Gasteiger partial charge in [0.25, 0.3) is 0 Å². The molecule has 0 saturated carbocycles. The fraction of sp³-hybridized carbons (Fsp3) is 0.438. The molecule has 1 N–H and O–H groups in total. The van der Waals surface area contributed by atoms with Crippen LogP contribution >= 0.6 is 27.7 Å². The Balaban J connectivity index is 1.73. The molecule has 2 heterocycles. The summed E-state index contributed by atoms with van der Waals surface area (Å²) in [6.45, 7) is 0.999. The van der Waals surface area contributed by atoms with E-state index in [1.165, 1.54) is 5.56 Å². The van der Waals surface area contributed by atoms with Gasteiger partial charge in [-0.25, -0.2) is 4.98 Å². The third-order valence-corrected chi connectivity index (χ3v) is 5.90. The highest BCUT2D eigenvalue weighted by Gasteiger charge is 2.41. The normalized spacial score (nSPS) is 24.7. The lowest BCUT2D eigenvalue weighted by Crippen LogP contribution is -2.26. The van der Waals surface area contributed by atoms with E-state index in [1.807, 2.05) is 24.7 Å². The fourth-order valence-corrected chi connectivity index (χ4v) is 4.39. The lowest BCUT2D eigenvalue weighted by atomic mass is 10.0. The Bertz CT molecular complexity index is 591. The molecular formula is C16H19BrN2O2S. The minimum atomic E-state index is -0.353. The summed E-state index contributed by atoms with van der Waals surface area (Å²) in [6.07, 6.45) is 7.44. The largest absolute Gasteiger partial charge is 0.394 e. The molecule has 1 aromatic heterocycles. The second-order valence-electron chi connectivity index (χ2n) is 5.40. The first-order valence-corrected chi connectivity index (χ1v) is 9.14. The van der Waals surface area contributed by atoms with Gasteiger partial charge >= 0.3 is 0 Å². The third kappa shape index (κ3) is 3.56. The number of thioether (sulfide) groups is 1. The van der Waals surface area contributed by atoms with Crippen LogP contribution in [0.5, 0.6) is 0 Å². The molecule has 0 bridgehead atoms. The van der Waals surface area contributed by atoms with Gasteiger partial charge in [0.2, 0.25) is 0 Å². The van der Waals surface area contributed by atoms with Gasteiger partial charge in [0, 0.05) is 29.2 Å². The van der Waals surface area contributed by atoms with Crippen LogP contribution in [0.15, 0.2) is 47.5 Å². The quantitative estimate of drug-likeness (QED) is 0.831. The Morgan fingerprint density at radius 3 is 2.86 bits per heavy atom. The molecule has 0 amide bonds. The van der Waals surface area contributed by atoms with Crippen molar-refractivity contribution in [1.29, 1.82) is 0 Å². The SMILES string of the molecule is OC[C@@H]1CS[C@](CCCn2ccnc2)(c2ccc(Br)cc2)O1. The number of aryl methyl sites for hydroxylation is 1. The Kier molecular flexibility index (Phi) is 5.23. The van der Waals surface area contributed by atoms with Crippen molar-refractivity contribution < 1.29 is 9.84 Å². The summed E-state index contributed by atoms with van der Waals surface area (Å²) in [5, 5.41) is 9.41. The number of imidazole rings is 1. The lowest BCUT2D eigenvalue weighted by Gasteiger charge is -2.29. The summed E-state index contributed by atoms with van der Waals surface area (Å²) in [6, 6.07) is 8.30. The number of halogens is 1. The molecule has 1 aromatic carbocycles. The van der Waals surface area contributed by atoms with Crippen molar-refractivity contribution in [2.45, 2.75) is 30.4 Å². The van der Waals surface area contributed by atoms with Crippen LogP contribution in [0.3, 0.4) is 0 Å². The van der Waals surface area contributed by atoms with Crippen LogP contribution in [0.4, 0.5) is 0 Å². The molecule has 1 fully saturated rings. The van der Waals surface area contributed by atoms with Crippen LogP contribution in [-0.2, 0) is 16.2 Å². The molecule has 2 atom stereocenters. The zero-order valence-electron chi connectivity index (χ0n) is 12.2. The van der Waals surface area contributed by atoms with Crippen LogP contribution in [0, 0.1) is 0 Å². The molecule has 3 rings (SSSR count). The summed E-state index contributed by atoms with van der Waals surface area (Å²) >= 11 is 5.27. The summed E-state index contributed by atoms with van der Waals surface area (Å²) in [7, 11) is 0. The molecule has 0 aliphatic carbocycles. The molecule has 1 saturated heterocycles. The van der Waals surface area contributed by atoms with Crippen LogP contribution in [0.2, 0.25) is 0 Å². The van der Waals surface area contributed by atoms with E-state index in [9.17, 15) is 5.11 Å². The van der Waals surface area contributed by atoms with Gasteiger partial charge in [-0.1, -0.05) is 28.1 Å². The molecule has 118 valence electrons. The van der Waals surface area contributed by atoms with Crippen LogP contribution in [0.25, 0.3) is 0 Å². The number of nitrogens with zero attached hydrogens (tertiary/aromatic N) is 2. The molecule has 1 aliphatic rings. The first-order chi connectivity index (χ1) is 10.7. The molecule has 2 aromatic rings. The number of ether oxygens (including phenoxy) is 1. The van der Waals surface area contributed by atoms with Crippen LogP contribution < -0.4 is 0 Å². The van der Waals surface area contributed by atoms with Crippen molar-refractivity contribution in [3.8, 4) is 0 Å². The molecule has 0 spiro atoms. The minimum Gasteiger partial charge on any atom is -0.394 e. The zero-order valence-corrected chi connectivity index (χ0v) is 14.6. The Morgan fingerprint density at radius 1 is 1.41 bits per heavy atom. The van der Waals surface area contributed by atoms with Gasteiger partial charge in [-0.3, -0.25) is 0 Å². The Morgan fingerprint density at radius 2 is 2.23 bits per heavy atom. The summed E-state index contributed by atoms with van der Waals surface area (Å²) in [5.41, 5.74) is 1.17. The maximum Gasteiger partial charge on any atom is 0.139 e. The average molecular weight is 383 g/mol. The topological polar surface area (TPSA) is 47.3 Å².